The minimum atomic E-state index is -1.79. The zero-order chi connectivity index (χ0) is 29.6. The molecule has 9 N–H and O–H groups in total. The first kappa shape index (κ1) is 29.0. The molecule has 2 fully saturated rings. The first-order valence-electron chi connectivity index (χ1n) is 12.4. The number of benzene rings is 2. The summed E-state index contributed by atoms with van der Waals surface area (Å²) in [5.41, 5.74) is -0.539. The van der Waals surface area contributed by atoms with Crippen molar-refractivity contribution in [3.63, 3.8) is 0 Å². The van der Waals surface area contributed by atoms with Gasteiger partial charge in [-0.05, 0) is 18.2 Å². The fraction of sp³-hybridized carbons (Fsp3) is 0.423. The summed E-state index contributed by atoms with van der Waals surface area (Å²) in [6.45, 7) is -0.836. The number of hydrogen-bond acceptors (Lipinski definition) is 15. The Morgan fingerprint density at radius 3 is 2.24 bits per heavy atom. The minimum Gasteiger partial charge on any atom is -0.507 e. The zero-order valence-corrected chi connectivity index (χ0v) is 21.0. The van der Waals surface area contributed by atoms with Crippen molar-refractivity contribution in [3.8, 4) is 34.3 Å². The molecule has 0 bridgehead atoms. The van der Waals surface area contributed by atoms with Crippen molar-refractivity contribution in [2.24, 2.45) is 0 Å². The molecule has 0 saturated carbocycles. The summed E-state index contributed by atoms with van der Waals surface area (Å²) in [7, 11) is 0. The van der Waals surface area contributed by atoms with Crippen molar-refractivity contribution in [1.82, 2.24) is 0 Å². The molecule has 1 aromatic heterocycles. The maximum absolute atomic E-state index is 12.7. The van der Waals surface area contributed by atoms with E-state index in [1.165, 1.54) is 24.3 Å². The van der Waals surface area contributed by atoms with Gasteiger partial charge >= 0.3 is 0 Å². The van der Waals surface area contributed by atoms with Gasteiger partial charge in [0.25, 0.3) is 0 Å². The third-order valence-corrected chi connectivity index (χ3v) is 6.84. The average molecular weight is 580 g/mol. The van der Waals surface area contributed by atoms with Gasteiger partial charge in [-0.3, -0.25) is 4.79 Å². The van der Waals surface area contributed by atoms with Crippen LogP contribution >= 0.6 is 0 Å². The van der Waals surface area contributed by atoms with Gasteiger partial charge < -0.3 is 69.3 Å². The Morgan fingerprint density at radius 2 is 1.51 bits per heavy atom. The highest BCUT2D eigenvalue weighted by molar-refractivity contribution is 5.86. The van der Waals surface area contributed by atoms with Crippen LogP contribution in [0.15, 0.2) is 45.6 Å². The number of rotatable bonds is 6. The molecule has 5 rings (SSSR count). The second kappa shape index (κ2) is 11.4. The van der Waals surface area contributed by atoms with Crippen LogP contribution in [0.1, 0.15) is 0 Å². The number of hydrogen-bond donors (Lipinski definition) is 9. The van der Waals surface area contributed by atoms with E-state index < -0.39 is 78.8 Å². The Kier molecular flexibility index (Phi) is 8.06. The average Bonchev–Trinajstić information content (AvgIpc) is 2.93. The lowest BCUT2D eigenvalue weighted by Crippen LogP contribution is -2.61. The fourth-order valence-corrected chi connectivity index (χ4v) is 4.53. The van der Waals surface area contributed by atoms with E-state index in [4.69, 9.17) is 23.4 Å². The van der Waals surface area contributed by atoms with Crippen LogP contribution in [0.25, 0.3) is 22.3 Å². The summed E-state index contributed by atoms with van der Waals surface area (Å²) < 4.78 is 27.4. The first-order valence-corrected chi connectivity index (χ1v) is 12.4. The van der Waals surface area contributed by atoms with E-state index in [0.29, 0.717) is 0 Å². The smallest absolute Gasteiger partial charge is 0.229 e. The molecule has 2 aliphatic heterocycles. The van der Waals surface area contributed by atoms with Gasteiger partial charge in [-0.2, -0.15) is 0 Å². The molecule has 0 radical (unpaired) electrons. The monoisotopic (exact) mass is 580 g/mol. The number of aliphatic hydroxyl groups excluding tert-OH is 6. The maximum Gasteiger partial charge on any atom is 0.229 e. The molecule has 2 aromatic carbocycles. The Balaban J connectivity index is 1.36. The predicted molar refractivity (Wildman–Crippen MR) is 134 cm³/mol. The number of aromatic hydroxyl groups is 3. The summed E-state index contributed by atoms with van der Waals surface area (Å²) in [6, 6.07) is 7.08. The van der Waals surface area contributed by atoms with Crippen LogP contribution in [0.4, 0.5) is 0 Å². The van der Waals surface area contributed by atoms with Crippen molar-refractivity contribution < 1.29 is 69.3 Å². The molecule has 15 heteroatoms. The van der Waals surface area contributed by atoms with Crippen LogP contribution in [-0.4, -0.2) is 114 Å². The molecule has 3 heterocycles. The van der Waals surface area contributed by atoms with Gasteiger partial charge in [0, 0.05) is 23.8 Å². The van der Waals surface area contributed by atoms with Crippen LogP contribution < -0.4 is 10.2 Å². The molecular formula is C26H28O15. The van der Waals surface area contributed by atoms with Gasteiger partial charge in [0.05, 0.1) is 13.2 Å². The molecule has 0 amide bonds. The second-order valence-electron chi connectivity index (χ2n) is 9.71. The number of fused-ring (bicyclic) bond motifs is 1. The quantitative estimate of drug-likeness (QED) is 0.146. The maximum atomic E-state index is 12.7. The standard InChI is InChI=1S/C26H28O15/c27-11-2-1-9(3-12(11)28)16-6-14(30)19-13(29)4-10(5-17(19)40-16)39-26-24(36)22(34)21(33)18(41-26)8-38-25-23(35)20(32)15(31)7-37-25/h1-6,15,18,20-29,31-36H,7-8H2/t15-,18-,20-,21-,22-,23+,24-,25-,26-/m0/s1. The van der Waals surface area contributed by atoms with Gasteiger partial charge in [0.2, 0.25) is 6.29 Å². The highest BCUT2D eigenvalue weighted by Gasteiger charge is 2.46. The Labute approximate surface area is 230 Å². The van der Waals surface area contributed by atoms with Crippen molar-refractivity contribution in [2.45, 2.75) is 55.3 Å². The largest absolute Gasteiger partial charge is 0.507 e. The number of phenolic OH excluding ortho intramolecular Hbond substituents is 3. The zero-order valence-electron chi connectivity index (χ0n) is 21.0. The van der Waals surface area contributed by atoms with Crippen LogP contribution in [0.3, 0.4) is 0 Å². The summed E-state index contributed by atoms with van der Waals surface area (Å²) in [6.07, 6.45) is -14.1. The van der Waals surface area contributed by atoms with Crippen LogP contribution in [0.2, 0.25) is 0 Å². The summed E-state index contributed by atoms with van der Waals surface area (Å²) in [5, 5.41) is 90.3. The Morgan fingerprint density at radius 1 is 0.780 bits per heavy atom. The molecule has 0 unspecified atom stereocenters. The van der Waals surface area contributed by atoms with E-state index in [1.54, 1.807) is 0 Å². The van der Waals surface area contributed by atoms with Crippen molar-refractivity contribution in [1.29, 1.82) is 0 Å². The summed E-state index contributed by atoms with van der Waals surface area (Å²) in [5.74, 6) is -1.55. The SMILES string of the molecule is O=c1cc(-c2ccc(O)c(O)c2)oc2cc(O[C@H]3O[C@@H](CO[C@@H]4OC[C@H](O)[C@H](O)[C@H]4O)[C@H](O)[C@H](O)[C@@H]3O)cc(O)c12. The highest BCUT2D eigenvalue weighted by Crippen LogP contribution is 2.35. The van der Waals surface area contributed by atoms with Gasteiger partial charge in [-0.1, -0.05) is 0 Å². The fourth-order valence-electron chi connectivity index (χ4n) is 4.53. The molecule has 0 aliphatic carbocycles. The van der Waals surface area contributed by atoms with E-state index in [-0.39, 0.29) is 40.4 Å². The number of phenols is 3. The van der Waals surface area contributed by atoms with Crippen molar-refractivity contribution >= 4 is 11.0 Å². The topological polar surface area (TPSA) is 249 Å². The normalized spacial score (nSPS) is 32.2. The number of ether oxygens (including phenoxy) is 4. The molecule has 3 aromatic rings. The number of aliphatic hydroxyl groups is 6. The van der Waals surface area contributed by atoms with Crippen LogP contribution in [0.5, 0.6) is 23.0 Å². The molecule has 9 atom stereocenters. The van der Waals surface area contributed by atoms with Crippen LogP contribution in [-0.2, 0) is 14.2 Å². The first-order chi connectivity index (χ1) is 19.4. The molecule has 222 valence electrons. The third-order valence-electron chi connectivity index (χ3n) is 6.84. The Hall–Kier alpha value is -3.51. The molecule has 41 heavy (non-hydrogen) atoms. The van der Waals surface area contributed by atoms with Gasteiger partial charge in [-0.25, -0.2) is 0 Å². The van der Waals surface area contributed by atoms with E-state index >= 15 is 0 Å². The van der Waals surface area contributed by atoms with E-state index in [0.717, 1.165) is 12.1 Å². The molecule has 2 aliphatic rings. The lowest BCUT2D eigenvalue weighted by atomic mass is 9.99. The minimum absolute atomic E-state index is 0.0104. The van der Waals surface area contributed by atoms with E-state index in [1.807, 2.05) is 0 Å². The van der Waals surface area contributed by atoms with Crippen LogP contribution in [0, 0.1) is 0 Å². The highest BCUT2D eigenvalue weighted by atomic mass is 16.7. The molecule has 0 spiro atoms. The van der Waals surface area contributed by atoms with E-state index in [2.05, 4.69) is 0 Å². The lowest BCUT2D eigenvalue weighted by molar-refractivity contribution is -0.307. The third kappa shape index (κ3) is 5.67. The second-order valence-corrected chi connectivity index (χ2v) is 9.71. The van der Waals surface area contributed by atoms with Gasteiger partial charge in [0.1, 0.15) is 71.0 Å². The van der Waals surface area contributed by atoms with Gasteiger partial charge in [-0.15, -0.1) is 0 Å². The predicted octanol–water partition coefficient (Wildman–Crippen LogP) is -1.78. The molecular weight excluding hydrogens is 552 g/mol. The summed E-state index contributed by atoms with van der Waals surface area (Å²) >= 11 is 0. The van der Waals surface area contributed by atoms with Crippen molar-refractivity contribution in [3.05, 3.63) is 46.6 Å². The van der Waals surface area contributed by atoms with Crippen molar-refractivity contribution in [2.75, 3.05) is 13.2 Å². The van der Waals surface area contributed by atoms with Gasteiger partial charge in [0.15, 0.2) is 23.2 Å². The molecule has 2 saturated heterocycles. The Bertz CT molecular complexity index is 1460. The lowest BCUT2D eigenvalue weighted by Gasteiger charge is -2.41. The van der Waals surface area contributed by atoms with E-state index in [9.17, 15) is 50.8 Å². The molecule has 15 nitrogen and oxygen atoms in total. The summed E-state index contributed by atoms with van der Waals surface area (Å²) in [4.78, 5) is 12.7.